The van der Waals surface area contributed by atoms with Crippen LogP contribution in [0.5, 0.6) is 0 Å². The van der Waals surface area contributed by atoms with Crippen molar-refractivity contribution in [3.63, 3.8) is 0 Å². The minimum atomic E-state index is -3.31. The monoisotopic (exact) mass is 454 g/mol. The second-order valence-electron chi connectivity index (χ2n) is 7.69. The van der Waals surface area contributed by atoms with Gasteiger partial charge in [-0.1, -0.05) is 29.0 Å². The molecule has 0 unspecified atom stereocenters. The third-order valence-corrected chi connectivity index (χ3v) is 7.13. The molecule has 4 rings (SSSR count). The van der Waals surface area contributed by atoms with Crippen molar-refractivity contribution in [3.05, 3.63) is 76.2 Å². The van der Waals surface area contributed by atoms with E-state index in [-0.39, 0.29) is 10.7 Å². The normalized spacial score (nSPS) is 11.7. The summed E-state index contributed by atoms with van der Waals surface area (Å²) in [6.07, 6.45) is 1.77. The van der Waals surface area contributed by atoms with Crippen LogP contribution in [0.25, 0.3) is 10.2 Å². The van der Waals surface area contributed by atoms with Gasteiger partial charge >= 0.3 is 0 Å². The Balaban J connectivity index is 1.52. The Morgan fingerprint density at radius 1 is 1.06 bits per heavy atom. The van der Waals surface area contributed by atoms with Gasteiger partial charge in [0, 0.05) is 12.7 Å². The minimum absolute atomic E-state index is 0.202. The molecule has 0 aliphatic heterocycles. The third-order valence-electron chi connectivity index (χ3n) is 5.09. The van der Waals surface area contributed by atoms with E-state index in [0.717, 1.165) is 6.26 Å². The maximum atomic E-state index is 12.6. The predicted octanol–water partition coefficient (Wildman–Crippen LogP) is 5.06. The number of aromatic nitrogens is 1. The van der Waals surface area contributed by atoms with Crippen LogP contribution in [0.4, 0.5) is 5.13 Å². The van der Waals surface area contributed by atoms with E-state index < -0.39 is 15.7 Å². The average Bonchev–Trinajstić information content (AvgIpc) is 3.29. The van der Waals surface area contributed by atoms with E-state index >= 15 is 0 Å². The molecule has 8 heteroatoms. The molecular weight excluding hydrogens is 432 g/mol. The van der Waals surface area contributed by atoms with Gasteiger partial charge in [-0.05, 0) is 67.8 Å². The molecule has 31 heavy (non-hydrogen) atoms. The summed E-state index contributed by atoms with van der Waals surface area (Å²) >= 11 is 1.22. The summed E-state index contributed by atoms with van der Waals surface area (Å²) < 4.78 is 29.9. The van der Waals surface area contributed by atoms with Crippen LogP contribution in [-0.4, -0.2) is 25.6 Å². The summed E-state index contributed by atoms with van der Waals surface area (Å²) in [6, 6.07) is 12.5. The van der Waals surface area contributed by atoms with E-state index in [1.165, 1.54) is 39.7 Å². The highest BCUT2D eigenvalue weighted by Crippen LogP contribution is 2.29. The zero-order chi connectivity index (χ0) is 22.3. The zero-order valence-electron chi connectivity index (χ0n) is 17.6. The molecule has 4 aromatic rings. The third kappa shape index (κ3) is 4.55. The lowest BCUT2D eigenvalue weighted by molar-refractivity contribution is 0.0995. The van der Waals surface area contributed by atoms with E-state index in [4.69, 9.17) is 4.42 Å². The molecule has 160 valence electrons. The standard InChI is InChI=1S/C23H22N2O4S2/c1-13-9-14(2)18(15(3)10-13)11-16-5-8-20(29-16)22(26)25-23-24-19-7-6-17(31(4,27)28)12-21(19)30-23/h5-10,12H,11H2,1-4H3,(H,24,25,26). The average molecular weight is 455 g/mol. The summed E-state index contributed by atoms with van der Waals surface area (Å²) in [5, 5.41) is 3.12. The number of nitrogens with one attached hydrogen (secondary N) is 1. The number of thiazole rings is 1. The first-order valence-corrected chi connectivity index (χ1v) is 12.4. The molecule has 0 radical (unpaired) electrons. The van der Waals surface area contributed by atoms with Crippen LogP contribution >= 0.6 is 11.3 Å². The van der Waals surface area contributed by atoms with E-state index in [1.807, 2.05) is 6.07 Å². The Morgan fingerprint density at radius 3 is 2.45 bits per heavy atom. The number of rotatable bonds is 5. The highest BCUT2D eigenvalue weighted by molar-refractivity contribution is 7.90. The summed E-state index contributed by atoms with van der Waals surface area (Å²) in [6.45, 7) is 6.23. The van der Waals surface area contributed by atoms with E-state index in [0.29, 0.717) is 27.5 Å². The highest BCUT2D eigenvalue weighted by Gasteiger charge is 2.16. The lowest BCUT2D eigenvalue weighted by Gasteiger charge is -2.09. The van der Waals surface area contributed by atoms with Crippen LogP contribution < -0.4 is 5.32 Å². The molecule has 0 aliphatic carbocycles. The van der Waals surface area contributed by atoms with Gasteiger partial charge in [0.15, 0.2) is 20.7 Å². The van der Waals surface area contributed by atoms with Gasteiger partial charge in [0.05, 0.1) is 15.1 Å². The van der Waals surface area contributed by atoms with Gasteiger partial charge in [-0.15, -0.1) is 0 Å². The van der Waals surface area contributed by atoms with Crippen molar-refractivity contribution < 1.29 is 17.6 Å². The van der Waals surface area contributed by atoms with Gasteiger partial charge in [-0.3, -0.25) is 10.1 Å². The Labute approximate surface area is 184 Å². The zero-order valence-corrected chi connectivity index (χ0v) is 19.3. The molecule has 1 N–H and O–H groups in total. The molecule has 0 saturated heterocycles. The number of amides is 1. The Bertz CT molecular complexity index is 1390. The van der Waals surface area contributed by atoms with Crippen molar-refractivity contribution in [2.75, 3.05) is 11.6 Å². The van der Waals surface area contributed by atoms with Crippen molar-refractivity contribution in [1.82, 2.24) is 4.98 Å². The van der Waals surface area contributed by atoms with E-state index in [2.05, 4.69) is 43.2 Å². The van der Waals surface area contributed by atoms with Crippen molar-refractivity contribution >= 4 is 42.4 Å². The van der Waals surface area contributed by atoms with Gasteiger partial charge in [0.1, 0.15) is 5.76 Å². The van der Waals surface area contributed by atoms with Crippen LogP contribution in [0.2, 0.25) is 0 Å². The number of nitrogens with zero attached hydrogens (tertiary/aromatic N) is 1. The summed E-state index contributed by atoms with van der Waals surface area (Å²) in [7, 11) is -3.31. The highest BCUT2D eigenvalue weighted by atomic mass is 32.2. The molecule has 2 heterocycles. The number of furan rings is 1. The van der Waals surface area contributed by atoms with E-state index in [9.17, 15) is 13.2 Å². The number of hydrogen-bond donors (Lipinski definition) is 1. The molecule has 0 atom stereocenters. The summed E-state index contributed by atoms with van der Waals surface area (Å²) in [4.78, 5) is 17.2. The first kappa shape index (κ1) is 21.3. The van der Waals surface area contributed by atoms with Crippen LogP contribution in [0, 0.1) is 20.8 Å². The Hall–Kier alpha value is -2.97. The number of hydrogen-bond acceptors (Lipinski definition) is 6. The number of fused-ring (bicyclic) bond motifs is 1. The molecule has 0 saturated carbocycles. The fourth-order valence-corrected chi connectivity index (χ4v) is 5.23. The van der Waals surface area contributed by atoms with Crippen LogP contribution in [0.1, 0.15) is 38.6 Å². The molecule has 0 bridgehead atoms. The van der Waals surface area contributed by atoms with Crippen molar-refractivity contribution in [3.8, 4) is 0 Å². The molecule has 0 spiro atoms. The lowest BCUT2D eigenvalue weighted by Crippen LogP contribution is -2.10. The van der Waals surface area contributed by atoms with Crippen LogP contribution in [0.15, 0.2) is 51.8 Å². The largest absolute Gasteiger partial charge is 0.456 e. The number of carbonyl (C=O) groups excluding carboxylic acids is 1. The smallest absolute Gasteiger partial charge is 0.293 e. The quantitative estimate of drug-likeness (QED) is 0.455. The second-order valence-corrected chi connectivity index (χ2v) is 10.7. The number of anilines is 1. The Morgan fingerprint density at radius 2 is 1.77 bits per heavy atom. The SMILES string of the molecule is Cc1cc(C)c(Cc2ccc(C(=O)Nc3nc4ccc(S(C)(=O)=O)cc4s3)o2)c(C)c1. The lowest BCUT2D eigenvalue weighted by atomic mass is 9.97. The number of benzene rings is 2. The maximum Gasteiger partial charge on any atom is 0.293 e. The summed E-state index contributed by atoms with van der Waals surface area (Å²) in [5.41, 5.74) is 5.43. The van der Waals surface area contributed by atoms with Gasteiger partial charge in [-0.25, -0.2) is 13.4 Å². The maximum absolute atomic E-state index is 12.6. The minimum Gasteiger partial charge on any atom is -0.456 e. The van der Waals surface area contributed by atoms with Crippen LogP contribution in [-0.2, 0) is 16.3 Å². The van der Waals surface area contributed by atoms with Crippen molar-refractivity contribution in [2.45, 2.75) is 32.1 Å². The molecule has 6 nitrogen and oxygen atoms in total. The van der Waals surface area contributed by atoms with Gasteiger partial charge in [0.25, 0.3) is 5.91 Å². The second kappa shape index (κ2) is 7.94. The topological polar surface area (TPSA) is 89.3 Å². The van der Waals surface area contributed by atoms with E-state index in [1.54, 1.807) is 18.2 Å². The number of sulfone groups is 1. The predicted molar refractivity (Wildman–Crippen MR) is 123 cm³/mol. The molecular formula is C23H22N2O4S2. The fourth-order valence-electron chi connectivity index (χ4n) is 3.61. The fraction of sp³-hybridized carbons (Fsp3) is 0.217. The van der Waals surface area contributed by atoms with Crippen molar-refractivity contribution in [1.29, 1.82) is 0 Å². The first-order chi connectivity index (χ1) is 14.6. The van der Waals surface area contributed by atoms with Gasteiger partial charge in [0.2, 0.25) is 0 Å². The van der Waals surface area contributed by atoms with Gasteiger partial charge < -0.3 is 4.42 Å². The molecule has 0 fully saturated rings. The molecule has 0 aliphatic rings. The summed E-state index contributed by atoms with van der Waals surface area (Å²) in [5.74, 6) is 0.516. The first-order valence-electron chi connectivity index (χ1n) is 9.67. The Kier molecular flexibility index (Phi) is 5.45. The molecule has 2 aromatic carbocycles. The van der Waals surface area contributed by atoms with Gasteiger partial charge in [-0.2, -0.15) is 0 Å². The van der Waals surface area contributed by atoms with Crippen LogP contribution in [0.3, 0.4) is 0 Å². The molecule has 2 aromatic heterocycles. The van der Waals surface area contributed by atoms with Crippen molar-refractivity contribution in [2.24, 2.45) is 0 Å². The number of carbonyl (C=O) groups is 1. The number of aryl methyl sites for hydroxylation is 3. The molecule has 1 amide bonds.